The van der Waals surface area contributed by atoms with Gasteiger partial charge in [-0.1, -0.05) is 30.3 Å². The number of nitrogen functional groups attached to an aromatic ring is 1. The molecule has 0 atom stereocenters. The number of benzene rings is 2. The largest absolute Gasteiger partial charge is 0.399 e. The molecule has 5 heteroatoms. The van der Waals surface area contributed by atoms with Crippen molar-refractivity contribution in [3.8, 4) is 11.1 Å². The maximum atomic E-state index is 12.5. The molecule has 0 aliphatic carbocycles. The summed E-state index contributed by atoms with van der Waals surface area (Å²) in [4.78, 5) is 28.1. The number of aromatic amines is 1. The highest BCUT2D eigenvalue weighted by Crippen LogP contribution is 2.37. The molecule has 2 aromatic carbocycles. The Labute approximate surface area is 156 Å². The van der Waals surface area contributed by atoms with Gasteiger partial charge in [0.2, 0.25) is 0 Å². The first-order valence-electron chi connectivity index (χ1n) is 8.67. The molecular formula is C22H19N3O2. The van der Waals surface area contributed by atoms with E-state index in [2.05, 4.69) is 10.3 Å². The molecule has 0 saturated heterocycles. The molecule has 0 unspecified atom stereocenters. The van der Waals surface area contributed by atoms with Crippen molar-refractivity contribution < 1.29 is 9.59 Å². The van der Waals surface area contributed by atoms with Crippen molar-refractivity contribution >= 4 is 34.7 Å². The average molecular weight is 357 g/mol. The number of H-pyrrole nitrogens is 1. The minimum absolute atomic E-state index is 0.0206. The minimum Gasteiger partial charge on any atom is -0.399 e. The van der Waals surface area contributed by atoms with Gasteiger partial charge in [-0.3, -0.25) is 9.59 Å². The third-order valence-corrected chi connectivity index (χ3v) is 4.75. The Balaban J connectivity index is 1.95. The van der Waals surface area contributed by atoms with E-state index in [-0.39, 0.29) is 11.7 Å². The second-order valence-electron chi connectivity index (χ2n) is 6.65. The van der Waals surface area contributed by atoms with Crippen LogP contribution in [0.4, 0.5) is 11.4 Å². The monoisotopic (exact) mass is 357 g/mol. The maximum Gasteiger partial charge on any atom is 0.256 e. The normalized spacial score (nSPS) is 14.3. The summed E-state index contributed by atoms with van der Waals surface area (Å²) in [6.07, 6.45) is 1.79. The van der Waals surface area contributed by atoms with Crippen LogP contribution >= 0.6 is 0 Å². The van der Waals surface area contributed by atoms with Gasteiger partial charge in [0.1, 0.15) is 0 Å². The quantitative estimate of drug-likeness (QED) is 0.372. The fourth-order valence-corrected chi connectivity index (χ4v) is 3.60. The molecule has 0 spiro atoms. The number of rotatable bonds is 3. The van der Waals surface area contributed by atoms with Gasteiger partial charge < -0.3 is 16.0 Å². The summed E-state index contributed by atoms with van der Waals surface area (Å²) >= 11 is 0. The number of amides is 1. The fourth-order valence-electron chi connectivity index (χ4n) is 3.60. The van der Waals surface area contributed by atoms with Crippen LogP contribution in [-0.4, -0.2) is 16.7 Å². The smallest absolute Gasteiger partial charge is 0.256 e. The summed E-state index contributed by atoms with van der Waals surface area (Å²) in [6.45, 7) is 3.42. The molecule has 1 amide bonds. The van der Waals surface area contributed by atoms with Crippen molar-refractivity contribution in [2.75, 3.05) is 11.1 Å². The number of nitrogens with two attached hydrogens (primary N) is 1. The van der Waals surface area contributed by atoms with Gasteiger partial charge in [0.25, 0.3) is 5.91 Å². The number of hydrogen-bond donors (Lipinski definition) is 3. The van der Waals surface area contributed by atoms with E-state index in [1.54, 1.807) is 31.2 Å². The number of ketones is 1. The van der Waals surface area contributed by atoms with E-state index >= 15 is 0 Å². The first-order valence-corrected chi connectivity index (χ1v) is 8.67. The average Bonchev–Trinajstić information content (AvgIpc) is 3.13. The lowest BCUT2D eigenvalue weighted by atomic mass is 9.96. The molecule has 5 nitrogen and oxygen atoms in total. The zero-order valence-electron chi connectivity index (χ0n) is 15.1. The Morgan fingerprint density at radius 2 is 1.85 bits per heavy atom. The van der Waals surface area contributed by atoms with Gasteiger partial charge in [0.05, 0.1) is 5.57 Å². The van der Waals surface area contributed by atoms with Crippen molar-refractivity contribution in [1.82, 2.24) is 4.98 Å². The van der Waals surface area contributed by atoms with Crippen LogP contribution in [-0.2, 0) is 4.79 Å². The molecule has 0 bridgehead atoms. The molecule has 0 fully saturated rings. The number of fused-ring (bicyclic) bond motifs is 1. The summed E-state index contributed by atoms with van der Waals surface area (Å²) in [5, 5.41) is 2.85. The van der Waals surface area contributed by atoms with Gasteiger partial charge in [-0.05, 0) is 43.7 Å². The van der Waals surface area contributed by atoms with Crippen LogP contribution < -0.4 is 11.1 Å². The van der Waals surface area contributed by atoms with E-state index in [0.29, 0.717) is 16.8 Å². The number of Topliss-reactive ketones (excluding diaryl/α,β-unsaturated/α-hetero) is 1. The molecule has 134 valence electrons. The molecule has 0 saturated carbocycles. The highest BCUT2D eigenvalue weighted by atomic mass is 16.2. The highest BCUT2D eigenvalue weighted by Gasteiger charge is 2.26. The van der Waals surface area contributed by atoms with Crippen LogP contribution in [0.15, 0.2) is 48.5 Å². The number of carbonyl (C=O) groups is 2. The van der Waals surface area contributed by atoms with Crippen molar-refractivity contribution in [3.63, 3.8) is 0 Å². The number of aryl methyl sites for hydroxylation is 1. The van der Waals surface area contributed by atoms with Crippen LogP contribution in [0.3, 0.4) is 0 Å². The molecule has 27 heavy (non-hydrogen) atoms. The molecule has 4 rings (SSSR count). The summed E-state index contributed by atoms with van der Waals surface area (Å²) in [5.74, 6) is -0.209. The third kappa shape index (κ3) is 2.83. The SMILES string of the molecule is CC(=O)c1c(C)[nH]c(/C=C2\C(=O)Nc3ccc(N)cc32)c1-c1ccccc1. The Kier molecular flexibility index (Phi) is 3.92. The van der Waals surface area contributed by atoms with Crippen molar-refractivity contribution in [1.29, 1.82) is 0 Å². The summed E-state index contributed by atoms with van der Waals surface area (Å²) in [6, 6.07) is 15.0. The van der Waals surface area contributed by atoms with Crippen LogP contribution in [0.5, 0.6) is 0 Å². The standard InChI is InChI=1S/C22H19N3O2/c1-12-20(13(2)26)21(14-6-4-3-5-7-14)19(24-12)11-17-16-10-15(23)8-9-18(16)25-22(17)27/h3-11,24H,23H2,1-2H3,(H,25,27)/b17-11-. The number of anilines is 2. The van der Waals surface area contributed by atoms with Gasteiger partial charge >= 0.3 is 0 Å². The maximum absolute atomic E-state index is 12.5. The van der Waals surface area contributed by atoms with Gasteiger partial charge in [0.15, 0.2) is 5.78 Å². The van der Waals surface area contributed by atoms with Crippen LogP contribution in [0.2, 0.25) is 0 Å². The van der Waals surface area contributed by atoms with Crippen LogP contribution in [0.1, 0.15) is 34.2 Å². The second-order valence-corrected chi connectivity index (χ2v) is 6.65. The van der Waals surface area contributed by atoms with E-state index in [1.807, 2.05) is 37.3 Å². The summed E-state index contributed by atoms with van der Waals surface area (Å²) in [7, 11) is 0. The lowest BCUT2D eigenvalue weighted by Crippen LogP contribution is -2.03. The first-order chi connectivity index (χ1) is 13.0. The fraction of sp³-hybridized carbons (Fsp3) is 0.0909. The van der Waals surface area contributed by atoms with Gasteiger partial charge in [-0.25, -0.2) is 0 Å². The van der Waals surface area contributed by atoms with Crippen LogP contribution in [0, 0.1) is 6.92 Å². The van der Waals surface area contributed by atoms with Crippen LogP contribution in [0.25, 0.3) is 22.8 Å². The van der Waals surface area contributed by atoms with E-state index in [4.69, 9.17) is 5.73 Å². The lowest BCUT2D eigenvalue weighted by Gasteiger charge is -2.05. The Hall–Kier alpha value is -3.60. The molecule has 2 heterocycles. The molecule has 1 aliphatic rings. The highest BCUT2D eigenvalue weighted by molar-refractivity contribution is 6.35. The zero-order valence-corrected chi connectivity index (χ0v) is 15.1. The van der Waals surface area contributed by atoms with Crippen molar-refractivity contribution in [2.24, 2.45) is 0 Å². The number of aromatic nitrogens is 1. The van der Waals surface area contributed by atoms with E-state index in [0.717, 1.165) is 33.8 Å². The summed E-state index contributed by atoms with van der Waals surface area (Å²) < 4.78 is 0. The zero-order chi connectivity index (χ0) is 19.1. The predicted octanol–water partition coefficient (Wildman–Crippen LogP) is 4.27. The van der Waals surface area contributed by atoms with E-state index in [1.165, 1.54) is 0 Å². The van der Waals surface area contributed by atoms with Crippen molar-refractivity contribution in [3.05, 3.63) is 71.0 Å². The number of carbonyl (C=O) groups excluding carboxylic acids is 2. The Bertz CT molecular complexity index is 1110. The molecule has 4 N–H and O–H groups in total. The van der Waals surface area contributed by atoms with Crippen molar-refractivity contribution in [2.45, 2.75) is 13.8 Å². The topological polar surface area (TPSA) is 88.0 Å². The van der Waals surface area contributed by atoms with E-state index < -0.39 is 0 Å². The molecule has 0 radical (unpaired) electrons. The van der Waals surface area contributed by atoms with E-state index in [9.17, 15) is 9.59 Å². The lowest BCUT2D eigenvalue weighted by molar-refractivity contribution is -0.110. The number of hydrogen-bond acceptors (Lipinski definition) is 3. The minimum atomic E-state index is -0.189. The Morgan fingerprint density at radius 3 is 2.56 bits per heavy atom. The summed E-state index contributed by atoms with van der Waals surface area (Å²) in [5.41, 5.74) is 12.4. The molecule has 1 aliphatic heterocycles. The van der Waals surface area contributed by atoms with Gasteiger partial charge in [-0.15, -0.1) is 0 Å². The first kappa shape index (κ1) is 16.8. The number of nitrogens with one attached hydrogen (secondary N) is 2. The molecular weight excluding hydrogens is 338 g/mol. The van der Waals surface area contributed by atoms with Gasteiger partial charge in [-0.2, -0.15) is 0 Å². The second kappa shape index (κ2) is 6.29. The molecule has 1 aromatic heterocycles. The Morgan fingerprint density at radius 1 is 1.11 bits per heavy atom. The predicted molar refractivity (Wildman–Crippen MR) is 108 cm³/mol. The third-order valence-electron chi connectivity index (χ3n) is 4.75. The molecule has 3 aromatic rings. The van der Waals surface area contributed by atoms with Gasteiger partial charge in [0, 0.05) is 39.5 Å².